The number of hydrogen-bond donors (Lipinski definition) is 1. The first-order valence-electron chi connectivity index (χ1n) is 6.58. The molecule has 1 aliphatic rings. The topological polar surface area (TPSA) is 80.7 Å². The minimum atomic E-state index is -0.257. The van der Waals surface area contributed by atoms with Crippen molar-refractivity contribution in [2.24, 2.45) is 5.73 Å². The van der Waals surface area contributed by atoms with Crippen LogP contribution in [0.25, 0.3) is 0 Å². The maximum atomic E-state index is 5.99. The largest absolute Gasteiger partial charge is 0.385 e. The molecule has 7 heteroatoms. The monoisotopic (exact) mass is 269 g/mol. The van der Waals surface area contributed by atoms with E-state index in [2.05, 4.69) is 34.0 Å². The van der Waals surface area contributed by atoms with E-state index >= 15 is 0 Å². The standard InChI is InChI=1S/C12H23N5O2/c1-16-5-6-17(2)10(8-16)11-14-12(19-15-11)9(13)4-7-18-3/h9-10H,4-8,13H2,1-3H3. The van der Waals surface area contributed by atoms with Crippen molar-refractivity contribution in [2.45, 2.75) is 18.5 Å². The predicted molar refractivity (Wildman–Crippen MR) is 70.6 cm³/mol. The first kappa shape index (κ1) is 14.4. The summed E-state index contributed by atoms with van der Waals surface area (Å²) in [7, 11) is 5.84. The van der Waals surface area contributed by atoms with Gasteiger partial charge in [-0.05, 0) is 20.5 Å². The van der Waals surface area contributed by atoms with Crippen LogP contribution in [0.15, 0.2) is 4.52 Å². The second-order valence-corrected chi connectivity index (χ2v) is 5.14. The van der Waals surface area contributed by atoms with Crippen molar-refractivity contribution < 1.29 is 9.26 Å². The molecule has 19 heavy (non-hydrogen) atoms. The SMILES string of the molecule is COCCC(N)c1nc(C2CN(C)CCN2C)no1. The summed E-state index contributed by atoms with van der Waals surface area (Å²) in [6, 6.07) is -0.0845. The van der Waals surface area contributed by atoms with Crippen LogP contribution in [0.5, 0.6) is 0 Å². The van der Waals surface area contributed by atoms with Crippen molar-refractivity contribution in [1.29, 1.82) is 0 Å². The summed E-state index contributed by atoms with van der Waals surface area (Å²) >= 11 is 0. The molecule has 1 aromatic heterocycles. The molecule has 2 N–H and O–H groups in total. The Kier molecular flexibility index (Phi) is 4.87. The number of nitrogens with zero attached hydrogens (tertiary/aromatic N) is 4. The fourth-order valence-electron chi connectivity index (χ4n) is 2.19. The normalized spacial score (nSPS) is 23.7. The average molecular weight is 269 g/mol. The van der Waals surface area contributed by atoms with Gasteiger partial charge in [-0.3, -0.25) is 4.90 Å². The Morgan fingerprint density at radius 1 is 1.47 bits per heavy atom. The molecule has 0 bridgehead atoms. The Labute approximate surface area is 113 Å². The summed E-state index contributed by atoms with van der Waals surface area (Å²) in [5, 5.41) is 4.08. The second-order valence-electron chi connectivity index (χ2n) is 5.14. The molecule has 1 fully saturated rings. The Bertz CT molecular complexity index is 397. The van der Waals surface area contributed by atoms with Crippen LogP contribution in [0.4, 0.5) is 0 Å². The molecule has 2 unspecified atom stereocenters. The van der Waals surface area contributed by atoms with Gasteiger partial charge in [-0.15, -0.1) is 0 Å². The number of hydrogen-bond acceptors (Lipinski definition) is 7. The van der Waals surface area contributed by atoms with E-state index in [0.29, 0.717) is 18.9 Å². The van der Waals surface area contributed by atoms with Gasteiger partial charge in [0.1, 0.15) is 0 Å². The highest BCUT2D eigenvalue weighted by Gasteiger charge is 2.28. The van der Waals surface area contributed by atoms with E-state index in [4.69, 9.17) is 15.0 Å². The van der Waals surface area contributed by atoms with Crippen LogP contribution in [0, 0.1) is 0 Å². The number of rotatable bonds is 5. The van der Waals surface area contributed by atoms with E-state index < -0.39 is 0 Å². The summed E-state index contributed by atoms with van der Waals surface area (Å²) in [5.41, 5.74) is 5.99. The van der Waals surface area contributed by atoms with Crippen LogP contribution < -0.4 is 5.73 Å². The van der Waals surface area contributed by atoms with Gasteiger partial charge in [-0.25, -0.2) is 0 Å². The van der Waals surface area contributed by atoms with Gasteiger partial charge < -0.3 is 19.9 Å². The molecule has 0 saturated carbocycles. The zero-order valence-electron chi connectivity index (χ0n) is 11.9. The average Bonchev–Trinajstić information content (AvgIpc) is 2.88. The first-order chi connectivity index (χ1) is 9.11. The number of methoxy groups -OCH3 is 1. The summed E-state index contributed by atoms with van der Waals surface area (Å²) in [6.07, 6.45) is 0.679. The van der Waals surface area contributed by atoms with Crippen LogP contribution in [0.3, 0.4) is 0 Å². The van der Waals surface area contributed by atoms with Gasteiger partial charge in [0.2, 0.25) is 5.89 Å². The van der Waals surface area contributed by atoms with E-state index in [-0.39, 0.29) is 12.1 Å². The van der Waals surface area contributed by atoms with E-state index in [1.54, 1.807) is 7.11 Å². The number of nitrogens with two attached hydrogens (primary N) is 1. The number of aromatic nitrogens is 2. The first-order valence-corrected chi connectivity index (χ1v) is 6.58. The Morgan fingerprint density at radius 3 is 3.00 bits per heavy atom. The van der Waals surface area contributed by atoms with E-state index in [1.165, 1.54) is 0 Å². The molecule has 1 aromatic rings. The molecule has 0 spiro atoms. The lowest BCUT2D eigenvalue weighted by atomic mass is 10.1. The lowest BCUT2D eigenvalue weighted by Crippen LogP contribution is -2.45. The highest BCUT2D eigenvalue weighted by atomic mass is 16.5. The molecule has 0 aliphatic carbocycles. The molecular weight excluding hydrogens is 246 g/mol. The molecule has 0 radical (unpaired) electrons. The lowest BCUT2D eigenvalue weighted by Gasteiger charge is -2.35. The van der Waals surface area contributed by atoms with E-state index in [0.717, 1.165) is 25.5 Å². The molecule has 108 valence electrons. The Morgan fingerprint density at radius 2 is 2.26 bits per heavy atom. The second kappa shape index (κ2) is 6.42. The summed E-state index contributed by atoms with van der Waals surface area (Å²) in [4.78, 5) is 8.96. The molecule has 0 aromatic carbocycles. The van der Waals surface area contributed by atoms with Crippen molar-refractivity contribution in [3.8, 4) is 0 Å². The van der Waals surface area contributed by atoms with Crippen LogP contribution in [-0.2, 0) is 4.74 Å². The number of likely N-dealkylation sites (N-methyl/N-ethyl adjacent to an activating group) is 2. The van der Waals surface area contributed by atoms with Crippen LogP contribution in [0.2, 0.25) is 0 Å². The summed E-state index contributed by atoms with van der Waals surface area (Å²) in [6.45, 7) is 3.56. The summed E-state index contributed by atoms with van der Waals surface area (Å²) < 4.78 is 10.3. The van der Waals surface area contributed by atoms with Crippen LogP contribution >= 0.6 is 0 Å². The molecule has 1 saturated heterocycles. The third kappa shape index (κ3) is 3.50. The maximum Gasteiger partial charge on any atom is 0.243 e. The highest BCUT2D eigenvalue weighted by molar-refractivity contribution is 5.00. The van der Waals surface area contributed by atoms with E-state index in [1.807, 2.05) is 0 Å². The van der Waals surface area contributed by atoms with Crippen LogP contribution in [0.1, 0.15) is 30.2 Å². The third-order valence-corrected chi connectivity index (χ3v) is 3.56. The third-order valence-electron chi connectivity index (χ3n) is 3.56. The summed E-state index contributed by atoms with van der Waals surface area (Å²) in [5.74, 6) is 1.21. The van der Waals surface area contributed by atoms with E-state index in [9.17, 15) is 0 Å². The molecule has 0 amide bonds. The minimum absolute atomic E-state index is 0.172. The Balaban J connectivity index is 2.03. The Hall–Kier alpha value is -1.02. The zero-order chi connectivity index (χ0) is 13.8. The highest BCUT2D eigenvalue weighted by Crippen LogP contribution is 2.22. The minimum Gasteiger partial charge on any atom is -0.385 e. The molecule has 2 atom stereocenters. The molecule has 2 rings (SSSR count). The van der Waals surface area contributed by atoms with Gasteiger partial charge >= 0.3 is 0 Å². The van der Waals surface area contributed by atoms with Gasteiger partial charge in [-0.1, -0.05) is 5.16 Å². The van der Waals surface area contributed by atoms with Gasteiger partial charge in [0.25, 0.3) is 0 Å². The quantitative estimate of drug-likeness (QED) is 0.807. The van der Waals surface area contributed by atoms with Crippen molar-refractivity contribution in [1.82, 2.24) is 19.9 Å². The number of ether oxygens (including phenoxy) is 1. The van der Waals surface area contributed by atoms with Crippen molar-refractivity contribution >= 4 is 0 Å². The maximum absolute atomic E-state index is 5.99. The van der Waals surface area contributed by atoms with Crippen molar-refractivity contribution in [3.05, 3.63) is 11.7 Å². The lowest BCUT2D eigenvalue weighted by molar-refractivity contribution is 0.108. The van der Waals surface area contributed by atoms with Gasteiger partial charge in [0.15, 0.2) is 5.82 Å². The van der Waals surface area contributed by atoms with Crippen molar-refractivity contribution in [2.75, 3.05) is 47.4 Å². The fraction of sp³-hybridized carbons (Fsp3) is 0.833. The number of piperazine rings is 1. The van der Waals surface area contributed by atoms with Gasteiger partial charge in [0.05, 0.1) is 12.1 Å². The molecule has 1 aliphatic heterocycles. The van der Waals surface area contributed by atoms with Gasteiger partial charge in [0, 0.05) is 33.4 Å². The van der Waals surface area contributed by atoms with Gasteiger partial charge in [-0.2, -0.15) is 4.98 Å². The molecule has 2 heterocycles. The van der Waals surface area contributed by atoms with Crippen LogP contribution in [-0.4, -0.2) is 67.4 Å². The fourth-order valence-corrected chi connectivity index (χ4v) is 2.19. The zero-order valence-corrected chi connectivity index (χ0v) is 11.9. The predicted octanol–water partition coefficient (Wildman–Crippen LogP) is 0.0242. The van der Waals surface area contributed by atoms with Crippen molar-refractivity contribution in [3.63, 3.8) is 0 Å². The molecule has 7 nitrogen and oxygen atoms in total. The molecular formula is C12H23N5O2. The smallest absolute Gasteiger partial charge is 0.243 e.